The molecule has 10 nitrogen and oxygen atoms in total. The first-order valence-corrected chi connectivity index (χ1v) is 15.0. The molecule has 3 aliphatic heterocycles. The molecule has 220 valence electrons. The van der Waals surface area contributed by atoms with Crippen molar-refractivity contribution in [1.82, 2.24) is 14.9 Å². The monoisotopic (exact) mass is 569 g/mol. The first-order valence-electron chi connectivity index (χ1n) is 15.0. The van der Waals surface area contributed by atoms with Crippen LogP contribution in [0.5, 0.6) is 6.01 Å². The minimum absolute atomic E-state index is 0.0661. The summed E-state index contributed by atoms with van der Waals surface area (Å²) in [5, 5.41) is 8.05. The quantitative estimate of drug-likeness (QED) is 0.172. The van der Waals surface area contributed by atoms with Crippen LogP contribution in [0.3, 0.4) is 0 Å². The highest BCUT2D eigenvalue weighted by Crippen LogP contribution is 2.45. The van der Waals surface area contributed by atoms with Crippen molar-refractivity contribution in [2.75, 3.05) is 55.3 Å². The highest BCUT2D eigenvalue weighted by Gasteiger charge is 2.54. The van der Waals surface area contributed by atoms with Crippen molar-refractivity contribution in [2.45, 2.75) is 57.0 Å². The Labute approximate surface area is 247 Å². The third kappa shape index (κ3) is 5.19. The van der Waals surface area contributed by atoms with E-state index in [1.165, 1.54) is 18.7 Å². The van der Waals surface area contributed by atoms with E-state index in [1.54, 1.807) is 10.8 Å². The molecule has 4 aliphatic rings. The number of hydrogen-bond acceptors (Lipinski definition) is 9. The number of nitrogens with two attached hydrogens (primary N) is 1. The Morgan fingerprint density at radius 2 is 2.02 bits per heavy atom. The largest absolute Gasteiger partial charge is 0.432 e. The van der Waals surface area contributed by atoms with E-state index in [2.05, 4.69) is 47.5 Å². The first kappa shape index (κ1) is 28.1. The number of likely N-dealkylation sites (N-methyl/N-ethyl adjacent to an activating group) is 1. The van der Waals surface area contributed by atoms with Gasteiger partial charge in [0.15, 0.2) is 12.8 Å². The number of likely N-dealkylation sites (tertiary alicyclic amines) is 1. The maximum absolute atomic E-state index is 12.5. The molecule has 1 amide bonds. The molecule has 42 heavy (non-hydrogen) atoms. The molecule has 3 N–H and O–H groups in total. The summed E-state index contributed by atoms with van der Waals surface area (Å²) in [5.41, 5.74) is 11.6. The molecule has 1 atom stereocenters. The number of amides is 1. The number of carbonyl (C=O) groups excluding carboxylic acids is 1. The Balaban J connectivity index is 1.35. The average molecular weight is 570 g/mol. The summed E-state index contributed by atoms with van der Waals surface area (Å²) in [7, 11) is 2.14. The molecule has 1 aliphatic carbocycles. The number of hydrogen-bond donors (Lipinski definition) is 2. The van der Waals surface area contributed by atoms with Crippen molar-refractivity contribution in [3.05, 3.63) is 59.5 Å². The number of aromatic nitrogens is 2. The van der Waals surface area contributed by atoms with Gasteiger partial charge < -0.3 is 25.7 Å². The number of rotatable bonds is 7. The van der Waals surface area contributed by atoms with Crippen molar-refractivity contribution in [2.24, 2.45) is 0 Å². The van der Waals surface area contributed by atoms with Gasteiger partial charge in [-0.2, -0.15) is 14.5 Å². The lowest BCUT2D eigenvalue weighted by Gasteiger charge is -2.33. The normalized spacial score (nSPS) is 21.7. The molecule has 1 aromatic carbocycles. The van der Waals surface area contributed by atoms with E-state index < -0.39 is 0 Å². The molecule has 2 aromatic rings. The number of nitrogens with zero attached hydrogens (tertiary/aromatic N) is 6. The molecule has 1 saturated heterocycles. The lowest BCUT2D eigenvalue weighted by atomic mass is 10.0. The Kier molecular flexibility index (Phi) is 7.57. The van der Waals surface area contributed by atoms with Gasteiger partial charge in [-0.3, -0.25) is 4.90 Å². The summed E-state index contributed by atoms with van der Waals surface area (Å²) < 4.78 is 7.89. The molecule has 10 heteroatoms. The van der Waals surface area contributed by atoms with Gasteiger partial charge >= 0.3 is 11.9 Å². The smallest absolute Gasteiger partial charge is 0.411 e. The maximum atomic E-state index is 12.5. The van der Waals surface area contributed by atoms with Crippen molar-refractivity contribution in [3.63, 3.8) is 0 Å². The van der Waals surface area contributed by atoms with Crippen LogP contribution in [0, 0.1) is 12.3 Å². The van der Waals surface area contributed by atoms with Crippen LogP contribution in [0.2, 0.25) is 0 Å². The zero-order chi connectivity index (χ0) is 29.4. The summed E-state index contributed by atoms with van der Waals surface area (Å²) in [5.74, 6) is 0.836. The van der Waals surface area contributed by atoms with E-state index in [4.69, 9.17) is 25.8 Å². The number of nitrogens with one attached hydrogen (secondary N) is 1. The number of ether oxygens (including phenoxy) is 1. The minimum Gasteiger partial charge on any atom is -0.432 e. The van der Waals surface area contributed by atoms with Gasteiger partial charge in [-0.1, -0.05) is 12.6 Å². The van der Waals surface area contributed by atoms with Crippen LogP contribution in [0.1, 0.15) is 48.1 Å². The molecule has 4 heterocycles. The van der Waals surface area contributed by atoms with Gasteiger partial charge in [-0.15, -0.1) is 0 Å². The number of anilines is 3. The van der Waals surface area contributed by atoms with Crippen molar-refractivity contribution in [3.8, 4) is 6.01 Å². The van der Waals surface area contributed by atoms with Gasteiger partial charge in [-0.25, -0.2) is 4.79 Å². The third-order valence-electron chi connectivity index (χ3n) is 9.24. The van der Waals surface area contributed by atoms with Gasteiger partial charge in [0, 0.05) is 54.7 Å². The number of nitrogen functional groups attached to an aromatic ring is 1. The summed E-state index contributed by atoms with van der Waals surface area (Å²) in [6.07, 6.45) is 14.4. The van der Waals surface area contributed by atoms with Crippen LogP contribution >= 0.6 is 0 Å². The zero-order valence-electron chi connectivity index (χ0n) is 24.7. The third-order valence-corrected chi connectivity index (χ3v) is 9.24. The lowest BCUT2D eigenvalue weighted by Crippen LogP contribution is -2.51. The summed E-state index contributed by atoms with van der Waals surface area (Å²) in [6, 6.07) is 4.62. The highest BCUT2D eigenvalue weighted by atomic mass is 16.5. The van der Waals surface area contributed by atoms with Crippen LogP contribution < -0.4 is 20.3 Å². The van der Waals surface area contributed by atoms with E-state index in [0.717, 1.165) is 79.2 Å². The molecule has 2 fully saturated rings. The second kappa shape index (κ2) is 11.3. The second-order valence-corrected chi connectivity index (χ2v) is 11.9. The van der Waals surface area contributed by atoms with Gasteiger partial charge in [0.25, 0.3) is 0 Å². The van der Waals surface area contributed by atoms with Crippen LogP contribution in [-0.2, 0) is 17.6 Å². The van der Waals surface area contributed by atoms with Gasteiger partial charge in [0.05, 0.1) is 24.2 Å². The lowest BCUT2D eigenvalue weighted by molar-refractivity contribution is -0.442. The molecule has 0 bridgehead atoms. The first-order chi connectivity index (χ1) is 20.3. The van der Waals surface area contributed by atoms with E-state index in [9.17, 15) is 4.79 Å². The van der Waals surface area contributed by atoms with Gasteiger partial charge in [0.1, 0.15) is 11.4 Å². The average Bonchev–Trinajstić information content (AvgIpc) is 3.69. The summed E-state index contributed by atoms with van der Waals surface area (Å²) >= 11 is 0. The Morgan fingerprint density at radius 1 is 1.21 bits per heavy atom. The fraction of sp³-hybridized carbons (Fsp3) is 0.469. The Morgan fingerprint density at radius 3 is 2.74 bits per heavy atom. The molecule has 6 rings (SSSR count). The van der Waals surface area contributed by atoms with E-state index in [1.807, 2.05) is 12.1 Å². The number of carbonyl (C=O) groups is 1. The molecule has 1 aromatic heterocycles. The van der Waals surface area contributed by atoms with Crippen LogP contribution in [0.15, 0.2) is 37.1 Å². The minimum atomic E-state index is -0.234. The van der Waals surface area contributed by atoms with Crippen molar-refractivity contribution < 1.29 is 14.1 Å². The van der Waals surface area contributed by atoms with E-state index >= 15 is 0 Å². The predicted molar refractivity (Wildman–Crippen MR) is 166 cm³/mol. The van der Waals surface area contributed by atoms with Gasteiger partial charge in [-0.05, 0) is 70.3 Å². The fourth-order valence-electron chi connectivity index (χ4n) is 6.72. The highest BCUT2D eigenvalue weighted by molar-refractivity contribution is 5.94. The predicted octanol–water partition coefficient (Wildman–Crippen LogP) is 3.11. The second-order valence-electron chi connectivity index (χ2n) is 11.9. The summed E-state index contributed by atoms with van der Waals surface area (Å²) in [6.45, 7) is 9.60. The number of benzene rings is 1. The number of aryl methyl sites for hydroxylation is 1. The topological polar surface area (TPSA) is 115 Å². The van der Waals surface area contributed by atoms with Crippen LogP contribution in [-0.4, -0.2) is 89.1 Å². The number of fused-ring (bicyclic) bond motifs is 1. The van der Waals surface area contributed by atoms with Crippen LogP contribution in [0.25, 0.3) is 0 Å². The molecular weight excluding hydrogens is 528 g/mol. The van der Waals surface area contributed by atoms with Crippen molar-refractivity contribution >= 4 is 35.5 Å². The maximum Gasteiger partial charge on any atom is 0.411 e. The molecular formula is C32H41N8O2+. The Bertz CT molecular complexity index is 1480. The molecule has 1 saturated carbocycles. The Hall–Kier alpha value is -4.05. The fourth-order valence-corrected chi connectivity index (χ4v) is 6.72. The SMILES string of the molecule is C=CC(=O)[N+]1=CC2(CC2)N(c2nc(O/C=C/C3CCCN3C)nc3c2CCN(c2c(C)ccc(N)c2C=N)CC3)CC1. The molecule has 1 unspecified atom stereocenters. The van der Waals surface area contributed by atoms with Gasteiger partial charge in [0.2, 0.25) is 0 Å². The van der Waals surface area contributed by atoms with E-state index in [0.29, 0.717) is 37.3 Å². The standard InChI is InChI=1S/C32H41N8O2/c1-4-28(41)39-17-18-40(32(21-39)12-13-32)30-24-9-15-38(29-22(2)7-8-26(34)25(29)20-33)16-10-27(24)35-31(36-30)42-19-11-23-6-5-14-37(23)3/h4,7-8,11,19-21,23,33H,1,5-6,9-10,12-18,34H2,2-3H3/q+1/b19-11+,33-20?. The van der Waals surface area contributed by atoms with Crippen LogP contribution in [0.4, 0.5) is 17.2 Å². The molecule has 1 spiro atoms. The van der Waals surface area contributed by atoms with Crippen molar-refractivity contribution in [1.29, 1.82) is 5.41 Å². The van der Waals surface area contributed by atoms with E-state index in [-0.39, 0.29) is 11.4 Å². The summed E-state index contributed by atoms with van der Waals surface area (Å²) in [4.78, 5) is 29.4. The zero-order valence-corrected chi connectivity index (χ0v) is 24.7. The molecule has 0 radical (unpaired) electrons.